The fourth-order valence-electron chi connectivity index (χ4n) is 2.10. The average molecular weight is 351 g/mol. The number of halogens is 2. The molecule has 2 rings (SSSR count). The molecule has 3 nitrogen and oxygen atoms in total. The van der Waals surface area contributed by atoms with Gasteiger partial charge in [0.05, 0.1) is 0 Å². The van der Waals surface area contributed by atoms with Gasteiger partial charge >= 0.3 is 6.03 Å². The molecule has 0 atom stereocenters. The summed E-state index contributed by atoms with van der Waals surface area (Å²) in [5.74, 6) is 0. The lowest BCUT2D eigenvalue weighted by molar-refractivity contribution is 0.252. The summed E-state index contributed by atoms with van der Waals surface area (Å²) in [7, 11) is 0. The van der Waals surface area contributed by atoms with Crippen LogP contribution in [0.1, 0.15) is 31.9 Å². The first-order valence-electron chi connectivity index (χ1n) is 7.35. The van der Waals surface area contributed by atoms with Crippen LogP contribution in [0.5, 0.6) is 0 Å². The lowest BCUT2D eigenvalue weighted by Gasteiger charge is -2.19. The zero-order valence-electron chi connectivity index (χ0n) is 13.4. The Bertz CT molecular complexity index is 671. The molecule has 0 bridgehead atoms. The number of benzene rings is 2. The van der Waals surface area contributed by atoms with Gasteiger partial charge < -0.3 is 10.6 Å². The van der Waals surface area contributed by atoms with E-state index in [0.717, 1.165) is 5.69 Å². The van der Waals surface area contributed by atoms with E-state index >= 15 is 0 Å². The quantitative estimate of drug-likeness (QED) is 0.741. The van der Waals surface area contributed by atoms with Crippen LogP contribution >= 0.6 is 23.2 Å². The van der Waals surface area contributed by atoms with Gasteiger partial charge in [-0.05, 0) is 35.2 Å². The van der Waals surface area contributed by atoms with Crippen molar-refractivity contribution in [2.24, 2.45) is 0 Å². The van der Waals surface area contributed by atoms with Crippen LogP contribution in [-0.4, -0.2) is 6.03 Å². The zero-order valence-corrected chi connectivity index (χ0v) is 14.9. The highest BCUT2D eigenvalue weighted by Crippen LogP contribution is 2.24. The summed E-state index contributed by atoms with van der Waals surface area (Å²) in [6, 6.07) is 12.8. The number of anilines is 1. The number of carbonyl (C=O) groups is 1. The van der Waals surface area contributed by atoms with E-state index in [-0.39, 0.29) is 18.0 Å². The van der Waals surface area contributed by atoms with E-state index in [0.29, 0.717) is 15.6 Å². The Morgan fingerprint density at radius 1 is 1.00 bits per heavy atom. The average Bonchev–Trinajstić information content (AvgIpc) is 2.46. The zero-order chi connectivity index (χ0) is 17.0. The van der Waals surface area contributed by atoms with Crippen molar-refractivity contribution in [1.29, 1.82) is 0 Å². The van der Waals surface area contributed by atoms with Gasteiger partial charge in [0.25, 0.3) is 0 Å². The third kappa shape index (κ3) is 4.88. The SMILES string of the molecule is CC(C)(C)c1ccc(NC(=O)NCc2c(Cl)cccc2Cl)cc1. The molecule has 0 aliphatic heterocycles. The highest BCUT2D eigenvalue weighted by Gasteiger charge is 2.13. The summed E-state index contributed by atoms with van der Waals surface area (Å²) in [6.45, 7) is 6.71. The van der Waals surface area contributed by atoms with E-state index < -0.39 is 0 Å². The number of hydrogen-bond donors (Lipinski definition) is 2. The minimum atomic E-state index is -0.301. The summed E-state index contributed by atoms with van der Waals surface area (Å²) in [5, 5.41) is 6.62. The van der Waals surface area contributed by atoms with Crippen molar-refractivity contribution in [3.8, 4) is 0 Å². The van der Waals surface area contributed by atoms with E-state index in [2.05, 4.69) is 31.4 Å². The van der Waals surface area contributed by atoms with Crippen molar-refractivity contribution >= 4 is 34.9 Å². The molecule has 0 aliphatic carbocycles. The first kappa shape index (κ1) is 17.6. The van der Waals surface area contributed by atoms with Gasteiger partial charge in [-0.2, -0.15) is 0 Å². The smallest absolute Gasteiger partial charge is 0.319 e. The minimum absolute atomic E-state index is 0.0849. The van der Waals surface area contributed by atoms with Gasteiger partial charge in [0.1, 0.15) is 0 Å². The first-order valence-corrected chi connectivity index (χ1v) is 8.11. The van der Waals surface area contributed by atoms with Crippen LogP contribution in [0.2, 0.25) is 10.0 Å². The number of rotatable bonds is 3. The third-order valence-corrected chi connectivity index (χ3v) is 4.20. The summed E-state index contributed by atoms with van der Waals surface area (Å²) in [4.78, 5) is 12.0. The predicted octanol–water partition coefficient (Wildman–Crippen LogP) is 5.61. The Morgan fingerprint density at radius 2 is 1.57 bits per heavy atom. The Labute approximate surface area is 147 Å². The summed E-state index contributed by atoms with van der Waals surface area (Å²) >= 11 is 12.2. The standard InChI is InChI=1S/C18H20Cl2N2O/c1-18(2,3)12-7-9-13(10-8-12)22-17(23)21-11-14-15(19)5-4-6-16(14)20/h4-10H,11H2,1-3H3,(H2,21,22,23). The van der Waals surface area contributed by atoms with Crippen molar-refractivity contribution < 1.29 is 4.79 Å². The molecule has 2 N–H and O–H groups in total. The normalized spacial score (nSPS) is 11.2. The second-order valence-electron chi connectivity index (χ2n) is 6.34. The van der Waals surface area contributed by atoms with Gasteiger partial charge in [0.2, 0.25) is 0 Å². The molecule has 0 radical (unpaired) electrons. The molecule has 0 unspecified atom stereocenters. The molecule has 0 heterocycles. The predicted molar refractivity (Wildman–Crippen MR) is 97.5 cm³/mol. The van der Waals surface area contributed by atoms with E-state index in [1.54, 1.807) is 18.2 Å². The summed E-state index contributed by atoms with van der Waals surface area (Å²) < 4.78 is 0. The van der Waals surface area contributed by atoms with Crippen LogP contribution in [-0.2, 0) is 12.0 Å². The highest BCUT2D eigenvalue weighted by molar-refractivity contribution is 6.36. The molecular weight excluding hydrogens is 331 g/mol. The second kappa shape index (κ2) is 7.24. The van der Waals surface area contributed by atoms with E-state index in [1.807, 2.05) is 24.3 Å². The molecule has 0 aromatic heterocycles. The molecule has 0 saturated heterocycles. The Hall–Kier alpha value is -1.71. The van der Waals surface area contributed by atoms with Gasteiger partial charge in [0, 0.05) is 27.8 Å². The number of amides is 2. The monoisotopic (exact) mass is 350 g/mol. The second-order valence-corrected chi connectivity index (χ2v) is 7.15. The van der Waals surface area contributed by atoms with Crippen LogP contribution in [0.4, 0.5) is 10.5 Å². The van der Waals surface area contributed by atoms with Crippen LogP contribution in [0, 0.1) is 0 Å². The minimum Gasteiger partial charge on any atom is -0.334 e. The van der Waals surface area contributed by atoms with E-state index in [1.165, 1.54) is 5.56 Å². The van der Waals surface area contributed by atoms with Crippen LogP contribution in [0.15, 0.2) is 42.5 Å². The van der Waals surface area contributed by atoms with Gasteiger partial charge in [-0.1, -0.05) is 62.2 Å². The first-order chi connectivity index (χ1) is 10.8. The fourth-order valence-corrected chi connectivity index (χ4v) is 2.63. The topological polar surface area (TPSA) is 41.1 Å². The van der Waals surface area contributed by atoms with Crippen molar-refractivity contribution in [2.45, 2.75) is 32.7 Å². The molecule has 5 heteroatoms. The summed E-state index contributed by atoms with van der Waals surface area (Å²) in [6.07, 6.45) is 0. The molecular formula is C18H20Cl2N2O. The molecule has 2 amide bonds. The fraction of sp³-hybridized carbons (Fsp3) is 0.278. The van der Waals surface area contributed by atoms with Gasteiger partial charge in [-0.15, -0.1) is 0 Å². The van der Waals surface area contributed by atoms with Crippen LogP contribution in [0.3, 0.4) is 0 Å². The lowest BCUT2D eigenvalue weighted by Crippen LogP contribution is -2.28. The van der Waals surface area contributed by atoms with Crippen LogP contribution < -0.4 is 10.6 Å². The maximum Gasteiger partial charge on any atom is 0.319 e. The van der Waals surface area contributed by atoms with E-state index in [9.17, 15) is 4.79 Å². The van der Waals surface area contributed by atoms with Gasteiger partial charge in [-0.25, -0.2) is 4.79 Å². The lowest BCUT2D eigenvalue weighted by atomic mass is 9.87. The van der Waals surface area contributed by atoms with Crippen LogP contribution in [0.25, 0.3) is 0 Å². The number of nitrogens with one attached hydrogen (secondary N) is 2. The van der Waals surface area contributed by atoms with Crippen molar-refractivity contribution in [3.05, 3.63) is 63.6 Å². The van der Waals surface area contributed by atoms with Gasteiger partial charge in [-0.3, -0.25) is 0 Å². The Kier molecular flexibility index (Phi) is 5.55. The molecule has 23 heavy (non-hydrogen) atoms. The Morgan fingerprint density at radius 3 is 2.09 bits per heavy atom. The molecule has 0 spiro atoms. The third-order valence-electron chi connectivity index (χ3n) is 3.50. The summed E-state index contributed by atoms with van der Waals surface area (Å²) in [5.41, 5.74) is 2.74. The van der Waals surface area contributed by atoms with Crippen molar-refractivity contribution in [1.82, 2.24) is 5.32 Å². The maximum absolute atomic E-state index is 12.0. The molecule has 0 aliphatic rings. The number of hydrogen-bond acceptors (Lipinski definition) is 1. The van der Waals surface area contributed by atoms with Gasteiger partial charge in [0.15, 0.2) is 0 Å². The molecule has 2 aromatic rings. The number of carbonyl (C=O) groups excluding carboxylic acids is 1. The Balaban J connectivity index is 1.95. The maximum atomic E-state index is 12.0. The molecule has 0 fully saturated rings. The molecule has 2 aromatic carbocycles. The molecule has 0 saturated carbocycles. The molecule has 122 valence electrons. The largest absolute Gasteiger partial charge is 0.334 e. The van der Waals surface area contributed by atoms with Crippen molar-refractivity contribution in [3.63, 3.8) is 0 Å². The highest BCUT2D eigenvalue weighted by atomic mass is 35.5. The van der Waals surface area contributed by atoms with E-state index in [4.69, 9.17) is 23.2 Å². The number of urea groups is 1. The van der Waals surface area contributed by atoms with Crippen molar-refractivity contribution in [2.75, 3.05) is 5.32 Å².